The molecule has 1 atom stereocenters. The minimum Gasteiger partial charge on any atom is -0.391 e. The molecule has 6 heteroatoms. The van der Waals surface area contributed by atoms with Crippen molar-refractivity contribution in [3.05, 3.63) is 34.6 Å². The summed E-state index contributed by atoms with van der Waals surface area (Å²) in [6.07, 6.45) is 0.975. The Balaban J connectivity index is 2.31. The molecule has 0 heterocycles. The van der Waals surface area contributed by atoms with E-state index in [0.717, 1.165) is 6.42 Å². The topological polar surface area (TPSA) is 61.4 Å². The van der Waals surface area contributed by atoms with Crippen molar-refractivity contribution in [2.75, 3.05) is 6.54 Å². The maximum Gasteiger partial charge on any atom is 0.315 e. The average Bonchev–Trinajstić information content (AvgIpc) is 2.38. The molecule has 1 aromatic carbocycles. The normalized spacial score (nSPS) is 12.0. The van der Waals surface area contributed by atoms with Crippen molar-refractivity contribution in [2.24, 2.45) is 0 Å². The first-order chi connectivity index (χ1) is 9.02. The van der Waals surface area contributed by atoms with Gasteiger partial charge < -0.3 is 15.7 Å². The first kappa shape index (κ1) is 15.7. The highest BCUT2D eigenvalue weighted by atomic mass is 35.5. The zero-order chi connectivity index (χ0) is 14.3. The fourth-order valence-corrected chi connectivity index (χ4v) is 1.74. The highest BCUT2D eigenvalue weighted by molar-refractivity contribution is 6.30. The second kappa shape index (κ2) is 7.96. The molecule has 1 unspecified atom stereocenters. The molecule has 0 saturated carbocycles. The average molecular weight is 289 g/mol. The van der Waals surface area contributed by atoms with Crippen LogP contribution >= 0.6 is 11.6 Å². The fraction of sp³-hybridized carbons (Fsp3) is 0.462. The van der Waals surface area contributed by atoms with Crippen molar-refractivity contribution in [1.29, 1.82) is 0 Å². The van der Waals surface area contributed by atoms with E-state index in [1.807, 2.05) is 6.92 Å². The Morgan fingerprint density at radius 3 is 2.84 bits per heavy atom. The van der Waals surface area contributed by atoms with Crippen LogP contribution in [0.25, 0.3) is 0 Å². The number of amides is 2. The van der Waals surface area contributed by atoms with Crippen LogP contribution in [-0.2, 0) is 6.54 Å². The number of aliphatic hydroxyl groups excluding tert-OH is 1. The molecule has 0 fully saturated rings. The molecule has 1 aromatic rings. The molecule has 0 aromatic heterocycles. The fourth-order valence-electron chi connectivity index (χ4n) is 1.54. The van der Waals surface area contributed by atoms with Crippen LogP contribution in [0.15, 0.2) is 18.2 Å². The van der Waals surface area contributed by atoms with Gasteiger partial charge in [0.2, 0.25) is 0 Å². The summed E-state index contributed by atoms with van der Waals surface area (Å²) in [4.78, 5) is 11.4. The molecule has 106 valence electrons. The number of carbonyl (C=O) groups excluding carboxylic acids is 1. The second-order valence-electron chi connectivity index (χ2n) is 4.25. The van der Waals surface area contributed by atoms with E-state index in [4.69, 9.17) is 11.6 Å². The van der Waals surface area contributed by atoms with Crippen LogP contribution < -0.4 is 10.6 Å². The summed E-state index contributed by atoms with van der Waals surface area (Å²) in [6.45, 7) is 2.42. The monoisotopic (exact) mass is 288 g/mol. The number of hydrogen-bond donors (Lipinski definition) is 3. The molecule has 0 spiro atoms. The Kier molecular flexibility index (Phi) is 6.59. The van der Waals surface area contributed by atoms with Gasteiger partial charge in [0.15, 0.2) is 0 Å². The lowest BCUT2D eigenvalue weighted by atomic mass is 10.2. The van der Waals surface area contributed by atoms with Gasteiger partial charge in [0, 0.05) is 13.1 Å². The zero-order valence-electron chi connectivity index (χ0n) is 10.7. The minimum absolute atomic E-state index is 0.0260. The Bertz CT molecular complexity index is 429. The third kappa shape index (κ3) is 5.89. The second-order valence-corrected chi connectivity index (χ2v) is 4.66. The molecule has 1 rings (SSSR count). The maximum absolute atomic E-state index is 12.9. The number of rotatable bonds is 6. The summed E-state index contributed by atoms with van der Waals surface area (Å²) in [5, 5.41) is 14.6. The van der Waals surface area contributed by atoms with E-state index in [1.54, 1.807) is 6.07 Å². The first-order valence-electron chi connectivity index (χ1n) is 6.16. The number of urea groups is 1. The molecule has 2 amide bonds. The number of hydrogen-bond acceptors (Lipinski definition) is 2. The molecule has 4 nitrogen and oxygen atoms in total. The Labute approximate surface area is 117 Å². The third-order valence-corrected chi connectivity index (χ3v) is 2.85. The highest BCUT2D eigenvalue weighted by Crippen LogP contribution is 2.15. The van der Waals surface area contributed by atoms with E-state index in [9.17, 15) is 14.3 Å². The summed E-state index contributed by atoms with van der Waals surface area (Å²) >= 11 is 5.63. The standard InChI is InChI=1S/C13H18ClFN2O2/c1-2-3-10(18)8-17-13(19)16-7-9-4-5-12(15)11(14)6-9/h4-6,10,18H,2-3,7-8H2,1H3,(H2,16,17,19). The molecule has 0 aliphatic rings. The lowest BCUT2D eigenvalue weighted by molar-refractivity contribution is 0.160. The molecular formula is C13H18ClFN2O2. The van der Waals surface area contributed by atoms with Gasteiger partial charge in [-0.2, -0.15) is 0 Å². The highest BCUT2D eigenvalue weighted by Gasteiger charge is 2.06. The SMILES string of the molecule is CCCC(O)CNC(=O)NCc1ccc(F)c(Cl)c1. The van der Waals surface area contributed by atoms with E-state index < -0.39 is 11.9 Å². The van der Waals surface area contributed by atoms with Crippen molar-refractivity contribution < 1.29 is 14.3 Å². The molecular weight excluding hydrogens is 271 g/mol. The quantitative estimate of drug-likeness (QED) is 0.753. The number of halogens is 2. The van der Waals surface area contributed by atoms with Crippen LogP contribution in [0, 0.1) is 5.82 Å². The zero-order valence-corrected chi connectivity index (χ0v) is 11.5. The van der Waals surface area contributed by atoms with Crippen LogP contribution in [0.5, 0.6) is 0 Å². The van der Waals surface area contributed by atoms with Gasteiger partial charge in [0.1, 0.15) is 5.82 Å². The Hall–Kier alpha value is -1.33. The molecule has 3 N–H and O–H groups in total. The smallest absolute Gasteiger partial charge is 0.315 e. The Morgan fingerprint density at radius 2 is 2.21 bits per heavy atom. The number of benzene rings is 1. The van der Waals surface area contributed by atoms with Gasteiger partial charge in [-0.15, -0.1) is 0 Å². The van der Waals surface area contributed by atoms with Crippen LogP contribution in [0.1, 0.15) is 25.3 Å². The van der Waals surface area contributed by atoms with Gasteiger partial charge in [-0.1, -0.05) is 31.0 Å². The number of aliphatic hydroxyl groups is 1. The summed E-state index contributed by atoms with van der Waals surface area (Å²) in [5.74, 6) is -0.488. The van der Waals surface area contributed by atoms with Crippen molar-refractivity contribution >= 4 is 17.6 Å². The van der Waals surface area contributed by atoms with E-state index in [1.165, 1.54) is 12.1 Å². The van der Waals surface area contributed by atoms with Gasteiger partial charge >= 0.3 is 6.03 Å². The van der Waals surface area contributed by atoms with Crippen LogP contribution in [0.3, 0.4) is 0 Å². The lowest BCUT2D eigenvalue weighted by Crippen LogP contribution is -2.39. The largest absolute Gasteiger partial charge is 0.391 e. The van der Waals surface area contributed by atoms with Gasteiger partial charge in [-0.05, 0) is 24.1 Å². The first-order valence-corrected chi connectivity index (χ1v) is 6.54. The third-order valence-electron chi connectivity index (χ3n) is 2.56. The van der Waals surface area contributed by atoms with E-state index in [2.05, 4.69) is 10.6 Å². The maximum atomic E-state index is 12.9. The van der Waals surface area contributed by atoms with Gasteiger partial charge in [0.25, 0.3) is 0 Å². The molecule has 0 bridgehead atoms. The summed E-state index contributed by atoms with van der Waals surface area (Å²) < 4.78 is 12.9. The lowest BCUT2D eigenvalue weighted by Gasteiger charge is -2.11. The Morgan fingerprint density at radius 1 is 1.47 bits per heavy atom. The summed E-state index contributed by atoms with van der Waals surface area (Å²) in [7, 11) is 0. The van der Waals surface area contributed by atoms with E-state index in [-0.39, 0.29) is 24.1 Å². The summed E-state index contributed by atoms with van der Waals surface area (Å²) in [5.41, 5.74) is 0.704. The van der Waals surface area contributed by atoms with Crippen molar-refractivity contribution in [3.8, 4) is 0 Å². The number of nitrogens with one attached hydrogen (secondary N) is 2. The molecule has 0 radical (unpaired) electrons. The van der Waals surface area contributed by atoms with Crippen molar-refractivity contribution in [3.63, 3.8) is 0 Å². The van der Waals surface area contributed by atoms with Crippen LogP contribution in [-0.4, -0.2) is 23.8 Å². The van der Waals surface area contributed by atoms with E-state index >= 15 is 0 Å². The van der Waals surface area contributed by atoms with Crippen molar-refractivity contribution in [2.45, 2.75) is 32.4 Å². The molecule has 0 aliphatic carbocycles. The van der Waals surface area contributed by atoms with Crippen molar-refractivity contribution in [1.82, 2.24) is 10.6 Å². The van der Waals surface area contributed by atoms with Crippen LogP contribution in [0.2, 0.25) is 5.02 Å². The molecule has 19 heavy (non-hydrogen) atoms. The van der Waals surface area contributed by atoms with E-state index in [0.29, 0.717) is 12.0 Å². The number of carbonyl (C=O) groups is 1. The molecule has 0 saturated heterocycles. The molecule has 0 aliphatic heterocycles. The summed E-state index contributed by atoms with van der Waals surface area (Å²) in [6, 6.07) is 3.88. The predicted molar refractivity (Wildman–Crippen MR) is 72.6 cm³/mol. The van der Waals surface area contributed by atoms with Crippen LogP contribution in [0.4, 0.5) is 9.18 Å². The minimum atomic E-state index is -0.531. The van der Waals surface area contributed by atoms with Gasteiger partial charge in [-0.25, -0.2) is 9.18 Å². The van der Waals surface area contributed by atoms with Gasteiger partial charge in [-0.3, -0.25) is 0 Å². The van der Waals surface area contributed by atoms with Gasteiger partial charge in [0.05, 0.1) is 11.1 Å². The predicted octanol–water partition coefficient (Wildman–Crippen LogP) is 2.44.